The molecule has 0 spiro atoms. The van der Waals surface area contributed by atoms with Gasteiger partial charge in [-0.1, -0.05) is 43.3 Å². The smallest absolute Gasteiger partial charge is 0.119 e. The van der Waals surface area contributed by atoms with E-state index in [1.54, 1.807) is 7.11 Å². The molecule has 0 aromatic heterocycles. The zero-order valence-electron chi connectivity index (χ0n) is 12.0. The maximum Gasteiger partial charge on any atom is 0.119 e. The third-order valence-electron chi connectivity index (χ3n) is 3.52. The van der Waals surface area contributed by atoms with Crippen LogP contribution in [0.5, 0.6) is 5.75 Å². The molecule has 0 heterocycles. The second-order valence-electron chi connectivity index (χ2n) is 4.83. The molecule has 102 valence electrons. The van der Waals surface area contributed by atoms with E-state index in [0.717, 1.165) is 24.2 Å². The molecule has 2 aromatic carbocycles. The van der Waals surface area contributed by atoms with Crippen molar-refractivity contribution in [3.8, 4) is 11.8 Å². The molecule has 2 heteroatoms. The molecule has 0 aliphatic heterocycles. The second kappa shape index (κ2) is 6.77. The summed E-state index contributed by atoms with van der Waals surface area (Å²) in [7, 11) is 1.64. The van der Waals surface area contributed by atoms with Crippen LogP contribution in [0.1, 0.15) is 29.5 Å². The minimum absolute atomic E-state index is 0.141. The molecule has 0 aliphatic carbocycles. The highest BCUT2D eigenvalue weighted by atomic mass is 16.5. The Hall–Kier alpha value is -2.27. The van der Waals surface area contributed by atoms with Crippen LogP contribution in [0.3, 0.4) is 0 Å². The lowest BCUT2D eigenvalue weighted by atomic mass is 9.92. The molecule has 0 radical (unpaired) electrons. The van der Waals surface area contributed by atoms with Crippen LogP contribution in [-0.2, 0) is 12.8 Å². The Morgan fingerprint density at radius 1 is 1.10 bits per heavy atom. The summed E-state index contributed by atoms with van der Waals surface area (Å²) < 4.78 is 5.22. The summed E-state index contributed by atoms with van der Waals surface area (Å²) in [5, 5.41) is 9.41. The normalized spacial score (nSPS) is 11.7. The first kappa shape index (κ1) is 14.1. The van der Waals surface area contributed by atoms with Crippen LogP contribution in [0, 0.1) is 11.3 Å². The molecule has 0 amide bonds. The molecule has 0 saturated heterocycles. The van der Waals surface area contributed by atoms with E-state index in [0.29, 0.717) is 0 Å². The van der Waals surface area contributed by atoms with Crippen molar-refractivity contribution >= 4 is 0 Å². The maximum absolute atomic E-state index is 9.41. The molecule has 0 fully saturated rings. The van der Waals surface area contributed by atoms with Gasteiger partial charge < -0.3 is 4.74 Å². The maximum atomic E-state index is 9.41. The molecule has 0 saturated carbocycles. The highest BCUT2D eigenvalue weighted by Crippen LogP contribution is 2.24. The number of hydrogen-bond acceptors (Lipinski definition) is 2. The predicted octanol–water partition coefficient (Wildman–Crippen LogP) is 4.11. The van der Waals surface area contributed by atoms with Gasteiger partial charge in [0.1, 0.15) is 5.75 Å². The van der Waals surface area contributed by atoms with Gasteiger partial charge in [0, 0.05) is 0 Å². The number of benzene rings is 2. The number of nitrogens with zero attached hydrogens (tertiary/aromatic N) is 1. The fourth-order valence-corrected chi connectivity index (χ4v) is 2.24. The Kier molecular flexibility index (Phi) is 4.79. The van der Waals surface area contributed by atoms with Gasteiger partial charge in [-0.3, -0.25) is 0 Å². The van der Waals surface area contributed by atoms with Crippen molar-refractivity contribution < 1.29 is 4.74 Å². The van der Waals surface area contributed by atoms with Crippen molar-refractivity contribution in [3.63, 3.8) is 0 Å². The van der Waals surface area contributed by atoms with Crippen LogP contribution in [0.25, 0.3) is 0 Å². The molecular formula is C18H19NO. The fourth-order valence-electron chi connectivity index (χ4n) is 2.24. The lowest BCUT2D eigenvalue weighted by Crippen LogP contribution is -2.01. The van der Waals surface area contributed by atoms with Gasteiger partial charge in [0.15, 0.2) is 0 Å². The molecule has 0 bridgehead atoms. The fraction of sp³-hybridized carbons (Fsp3) is 0.278. The van der Waals surface area contributed by atoms with Gasteiger partial charge in [0.2, 0.25) is 0 Å². The van der Waals surface area contributed by atoms with Gasteiger partial charge in [-0.05, 0) is 41.7 Å². The van der Waals surface area contributed by atoms with E-state index in [9.17, 15) is 5.26 Å². The van der Waals surface area contributed by atoms with Crippen LogP contribution >= 0.6 is 0 Å². The van der Waals surface area contributed by atoms with Crippen molar-refractivity contribution in [2.45, 2.75) is 25.7 Å². The van der Waals surface area contributed by atoms with Gasteiger partial charge >= 0.3 is 0 Å². The molecule has 20 heavy (non-hydrogen) atoms. The number of rotatable bonds is 5. The van der Waals surface area contributed by atoms with Gasteiger partial charge in [0.25, 0.3) is 0 Å². The first-order valence-corrected chi connectivity index (χ1v) is 6.88. The Bertz CT molecular complexity index is 596. The van der Waals surface area contributed by atoms with E-state index >= 15 is 0 Å². The average molecular weight is 265 g/mol. The van der Waals surface area contributed by atoms with Crippen LogP contribution in [0.2, 0.25) is 0 Å². The molecule has 0 N–H and O–H groups in total. The van der Waals surface area contributed by atoms with Gasteiger partial charge in [0.05, 0.1) is 19.1 Å². The van der Waals surface area contributed by atoms with E-state index in [2.05, 4.69) is 37.3 Å². The number of nitriles is 1. The first-order chi connectivity index (χ1) is 9.76. The Labute approximate surface area is 120 Å². The lowest BCUT2D eigenvalue weighted by Gasteiger charge is -2.11. The summed E-state index contributed by atoms with van der Waals surface area (Å²) in [4.78, 5) is 0. The zero-order valence-corrected chi connectivity index (χ0v) is 12.0. The zero-order chi connectivity index (χ0) is 14.4. The van der Waals surface area contributed by atoms with E-state index in [1.165, 1.54) is 11.1 Å². The summed E-state index contributed by atoms with van der Waals surface area (Å²) in [6, 6.07) is 18.6. The van der Waals surface area contributed by atoms with Crippen molar-refractivity contribution in [1.82, 2.24) is 0 Å². The first-order valence-electron chi connectivity index (χ1n) is 6.88. The molecule has 1 unspecified atom stereocenters. The standard InChI is InChI=1S/C18H19NO/c1-3-14-7-9-15(10-8-14)11-17(13-19)16-5-4-6-18(12-16)20-2/h4-10,12,17H,3,11H2,1-2H3. The molecule has 2 rings (SSSR count). The lowest BCUT2D eigenvalue weighted by molar-refractivity contribution is 0.414. The molecule has 2 nitrogen and oxygen atoms in total. The van der Waals surface area contributed by atoms with Crippen molar-refractivity contribution in [3.05, 3.63) is 65.2 Å². The number of hydrogen-bond donors (Lipinski definition) is 0. The van der Waals surface area contributed by atoms with Gasteiger partial charge in [-0.2, -0.15) is 5.26 Å². The summed E-state index contributed by atoms with van der Waals surface area (Å²) in [5.41, 5.74) is 3.52. The third kappa shape index (κ3) is 3.39. The van der Waals surface area contributed by atoms with Gasteiger partial charge in [-0.25, -0.2) is 0 Å². The van der Waals surface area contributed by atoms with Gasteiger partial charge in [-0.15, -0.1) is 0 Å². The number of ether oxygens (including phenoxy) is 1. The van der Waals surface area contributed by atoms with Crippen LogP contribution < -0.4 is 4.74 Å². The Morgan fingerprint density at radius 2 is 1.80 bits per heavy atom. The molecular weight excluding hydrogens is 246 g/mol. The minimum Gasteiger partial charge on any atom is -0.497 e. The second-order valence-corrected chi connectivity index (χ2v) is 4.83. The van der Waals surface area contributed by atoms with E-state index in [1.807, 2.05) is 24.3 Å². The topological polar surface area (TPSA) is 33.0 Å². The van der Waals surface area contributed by atoms with Crippen molar-refractivity contribution in [1.29, 1.82) is 5.26 Å². The number of aryl methyl sites for hydroxylation is 1. The summed E-state index contributed by atoms with van der Waals surface area (Å²) in [5.74, 6) is 0.654. The predicted molar refractivity (Wildman–Crippen MR) is 80.9 cm³/mol. The Morgan fingerprint density at radius 3 is 2.40 bits per heavy atom. The third-order valence-corrected chi connectivity index (χ3v) is 3.52. The highest BCUT2D eigenvalue weighted by molar-refractivity contribution is 5.35. The van der Waals surface area contributed by atoms with Crippen LogP contribution in [0.4, 0.5) is 0 Å². The summed E-state index contributed by atoms with van der Waals surface area (Å²) >= 11 is 0. The molecule has 0 aliphatic rings. The number of methoxy groups -OCH3 is 1. The largest absolute Gasteiger partial charge is 0.497 e. The van der Waals surface area contributed by atoms with Crippen molar-refractivity contribution in [2.24, 2.45) is 0 Å². The minimum atomic E-state index is -0.141. The molecule has 2 aromatic rings. The van der Waals surface area contributed by atoms with E-state index < -0.39 is 0 Å². The summed E-state index contributed by atoms with van der Waals surface area (Å²) in [6.45, 7) is 2.14. The SMILES string of the molecule is CCc1ccc(CC(C#N)c2cccc(OC)c2)cc1. The Balaban J connectivity index is 2.17. The van der Waals surface area contributed by atoms with E-state index in [-0.39, 0.29) is 5.92 Å². The monoisotopic (exact) mass is 265 g/mol. The van der Waals surface area contributed by atoms with E-state index in [4.69, 9.17) is 4.74 Å². The molecule has 1 atom stereocenters. The quantitative estimate of drug-likeness (QED) is 0.815. The van der Waals surface area contributed by atoms with Crippen molar-refractivity contribution in [2.75, 3.05) is 7.11 Å². The highest BCUT2D eigenvalue weighted by Gasteiger charge is 2.12. The average Bonchev–Trinajstić information content (AvgIpc) is 2.53. The summed E-state index contributed by atoms with van der Waals surface area (Å²) in [6.07, 6.45) is 1.77. The van der Waals surface area contributed by atoms with Crippen LogP contribution in [0.15, 0.2) is 48.5 Å². The van der Waals surface area contributed by atoms with Crippen LogP contribution in [-0.4, -0.2) is 7.11 Å².